The quantitative estimate of drug-likeness (QED) is 0.677. The fourth-order valence-electron chi connectivity index (χ4n) is 0.581. The molecule has 2 N–H and O–H groups in total. The van der Waals surface area contributed by atoms with Crippen molar-refractivity contribution in [1.82, 2.24) is 4.34 Å². The van der Waals surface area contributed by atoms with Crippen LogP contribution in [-0.4, -0.2) is 17.1 Å². The fraction of sp³-hybridized carbons (Fsp3) is 0.833. The highest BCUT2D eigenvalue weighted by molar-refractivity contribution is 9.08. The van der Waals surface area contributed by atoms with Crippen LogP contribution in [0.2, 0.25) is 0 Å². The molecule has 1 atom stereocenters. The smallest absolute Gasteiger partial charge is 0.322 e. The van der Waals surface area contributed by atoms with E-state index in [0.717, 1.165) is 0 Å². The summed E-state index contributed by atoms with van der Waals surface area (Å²) in [6, 6.07) is -0.549. The molecule has 0 aromatic carbocycles. The maximum atomic E-state index is 10.5. The van der Waals surface area contributed by atoms with Gasteiger partial charge in [0.1, 0.15) is 6.04 Å². The zero-order valence-electron chi connectivity index (χ0n) is 6.31. The van der Waals surface area contributed by atoms with E-state index in [1.54, 1.807) is 0 Å². The Labute approximate surface area is 69.1 Å². The SMILES string of the molecule is CC(C)(C)C(NBr)C(=O)O. The molecule has 1 unspecified atom stereocenters. The van der Waals surface area contributed by atoms with Gasteiger partial charge in [0.25, 0.3) is 0 Å². The predicted octanol–water partition coefficient (Wildman–Crippen LogP) is 1.39. The van der Waals surface area contributed by atoms with Crippen molar-refractivity contribution in [2.45, 2.75) is 26.8 Å². The number of nitrogens with one attached hydrogen (secondary N) is 1. The maximum Gasteiger partial charge on any atom is 0.322 e. The van der Waals surface area contributed by atoms with Gasteiger partial charge < -0.3 is 5.11 Å². The molecule has 0 amide bonds. The molecule has 0 aliphatic rings. The number of aliphatic carboxylic acids is 1. The van der Waals surface area contributed by atoms with Gasteiger partial charge in [-0.25, -0.2) is 4.34 Å². The Bertz CT molecular complexity index is 130. The van der Waals surface area contributed by atoms with Crippen LogP contribution in [0.4, 0.5) is 0 Å². The van der Waals surface area contributed by atoms with E-state index in [0.29, 0.717) is 0 Å². The van der Waals surface area contributed by atoms with E-state index in [4.69, 9.17) is 5.11 Å². The first-order valence-electron chi connectivity index (χ1n) is 2.98. The lowest BCUT2D eigenvalue weighted by Gasteiger charge is -2.25. The first kappa shape index (κ1) is 9.91. The van der Waals surface area contributed by atoms with Crippen molar-refractivity contribution in [3.63, 3.8) is 0 Å². The molecular weight excluding hydrogens is 198 g/mol. The van der Waals surface area contributed by atoms with Crippen molar-refractivity contribution in [3.8, 4) is 0 Å². The van der Waals surface area contributed by atoms with Crippen LogP contribution >= 0.6 is 16.1 Å². The molecular formula is C6H12BrNO2. The summed E-state index contributed by atoms with van der Waals surface area (Å²) in [5.41, 5.74) is -0.269. The van der Waals surface area contributed by atoms with Crippen molar-refractivity contribution < 1.29 is 9.90 Å². The second-order valence-electron chi connectivity index (χ2n) is 3.25. The summed E-state index contributed by atoms with van der Waals surface area (Å²) in [4.78, 5) is 10.5. The summed E-state index contributed by atoms with van der Waals surface area (Å²) < 4.78 is 2.55. The zero-order chi connectivity index (χ0) is 8.36. The third-order valence-corrected chi connectivity index (χ3v) is 1.68. The third-order valence-electron chi connectivity index (χ3n) is 1.22. The third kappa shape index (κ3) is 2.66. The van der Waals surface area contributed by atoms with Crippen LogP contribution in [0, 0.1) is 5.41 Å². The number of hydrogen-bond acceptors (Lipinski definition) is 2. The summed E-state index contributed by atoms with van der Waals surface area (Å²) in [6.07, 6.45) is 0. The van der Waals surface area contributed by atoms with E-state index < -0.39 is 12.0 Å². The summed E-state index contributed by atoms with van der Waals surface area (Å²) >= 11 is 2.92. The number of carboxylic acid groups (broad SMARTS) is 1. The standard InChI is InChI=1S/C6H12BrNO2/c1-6(2,3)4(8-7)5(9)10/h4,8H,1-3H3,(H,9,10). The Kier molecular flexibility index (Phi) is 3.31. The highest BCUT2D eigenvalue weighted by Gasteiger charge is 2.29. The first-order chi connectivity index (χ1) is 4.39. The van der Waals surface area contributed by atoms with Crippen LogP contribution in [0.15, 0.2) is 0 Å². The molecule has 0 bridgehead atoms. The lowest BCUT2D eigenvalue weighted by molar-refractivity contribution is -0.141. The monoisotopic (exact) mass is 209 g/mol. The summed E-state index contributed by atoms with van der Waals surface area (Å²) in [5.74, 6) is -0.843. The van der Waals surface area contributed by atoms with E-state index in [1.165, 1.54) is 0 Å². The largest absolute Gasteiger partial charge is 0.480 e. The van der Waals surface area contributed by atoms with Crippen LogP contribution in [0.25, 0.3) is 0 Å². The Hall–Kier alpha value is -0.0900. The number of carboxylic acids is 1. The van der Waals surface area contributed by atoms with Gasteiger partial charge in [0.15, 0.2) is 0 Å². The molecule has 0 heterocycles. The minimum Gasteiger partial charge on any atom is -0.480 e. The molecule has 0 saturated heterocycles. The van der Waals surface area contributed by atoms with Crippen LogP contribution < -0.4 is 4.34 Å². The van der Waals surface area contributed by atoms with E-state index >= 15 is 0 Å². The number of halogens is 1. The molecule has 0 saturated carbocycles. The molecule has 60 valence electrons. The van der Waals surface area contributed by atoms with E-state index in [1.807, 2.05) is 20.8 Å². The normalized spacial score (nSPS) is 14.8. The lowest BCUT2D eigenvalue weighted by Crippen LogP contribution is -2.41. The highest BCUT2D eigenvalue weighted by atomic mass is 79.9. The van der Waals surface area contributed by atoms with Crippen LogP contribution in [0.5, 0.6) is 0 Å². The van der Waals surface area contributed by atoms with Gasteiger partial charge in [-0.15, -0.1) is 0 Å². The minimum atomic E-state index is -0.843. The molecule has 3 nitrogen and oxygen atoms in total. The fourth-order valence-corrected chi connectivity index (χ4v) is 1.46. The van der Waals surface area contributed by atoms with E-state index in [9.17, 15) is 4.79 Å². The van der Waals surface area contributed by atoms with Crippen LogP contribution in [-0.2, 0) is 4.79 Å². The van der Waals surface area contributed by atoms with Gasteiger partial charge in [-0.2, -0.15) is 0 Å². The van der Waals surface area contributed by atoms with Crippen molar-refractivity contribution in [1.29, 1.82) is 0 Å². The Balaban J connectivity index is 4.22. The molecule has 10 heavy (non-hydrogen) atoms. The van der Waals surface area contributed by atoms with Crippen LogP contribution in [0.1, 0.15) is 20.8 Å². The topological polar surface area (TPSA) is 49.3 Å². The molecule has 0 aromatic rings. The van der Waals surface area contributed by atoms with Gasteiger partial charge in [-0.1, -0.05) is 20.8 Å². The Morgan fingerprint density at radius 3 is 2.00 bits per heavy atom. The summed E-state index contributed by atoms with van der Waals surface area (Å²) in [5, 5.41) is 8.62. The molecule has 0 aromatic heterocycles. The Morgan fingerprint density at radius 2 is 2.00 bits per heavy atom. The lowest BCUT2D eigenvalue weighted by atomic mass is 9.88. The molecule has 0 aliphatic carbocycles. The van der Waals surface area contributed by atoms with Crippen LogP contribution in [0.3, 0.4) is 0 Å². The van der Waals surface area contributed by atoms with E-state index in [2.05, 4.69) is 20.5 Å². The van der Waals surface area contributed by atoms with Gasteiger partial charge >= 0.3 is 5.97 Å². The second kappa shape index (κ2) is 3.34. The first-order valence-corrected chi connectivity index (χ1v) is 3.78. The molecule has 4 heteroatoms. The van der Waals surface area contributed by atoms with Gasteiger partial charge in [-0.05, 0) is 5.41 Å². The predicted molar refractivity (Wildman–Crippen MR) is 42.9 cm³/mol. The summed E-state index contributed by atoms with van der Waals surface area (Å²) in [6.45, 7) is 5.58. The highest BCUT2D eigenvalue weighted by Crippen LogP contribution is 2.19. The van der Waals surface area contributed by atoms with Crippen molar-refractivity contribution in [2.75, 3.05) is 0 Å². The zero-order valence-corrected chi connectivity index (χ0v) is 7.90. The van der Waals surface area contributed by atoms with Gasteiger partial charge in [0.2, 0.25) is 0 Å². The van der Waals surface area contributed by atoms with Crippen molar-refractivity contribution in [3.05, 3.63) is 0 Å². The van der Waals surface area contributed by atoms with Gasteiger partial charge in [-0.3, -0.25) is 4.79 Å². The summed E-state index contributed by atoms with van der Waals surface area (Å²) in [7, 11) is 0. The van der Waals surface area contributed by atoms with E-state index in [-0.39, 0.29) is 5.41 Å². The minimum absolute atomic E-state index is 0.269. The second-order valence-corrected chi connectivity index (χ2v) is 3.70. The maximum absolute atomic E-state index is 10.5. The van der Waals surface area contributed by atoms with Crippen molar-refractivity contribution in [2.24, 2.45) is 5.41 Å². The van der Waals surface area contributed by atoms with Crippen molar-refractivity contribution >= 4 is 22.1 Å². The molecule has 0 rings (SSSR count). The molecule has 0 radical (unpaired) electrons. The molecule has 0 fully saturated rings. The van der Waals surface area contributed by atoms with Gasteiger partial charge in [0.05, 0.1) is 0 Å². The Morgan fingerprint density at radius 1 is 1.60 bits per heavy atom. The number of carbonyl (C=O) groups is 1. The molecule has 0 spiro atoms. The average molecular weight is 210 g/mol. The molecule has 0 aliphatic heterocycles. The number of rotatable bonds is 2. The number of hydrogen-bond donors (Lipinski definition) is 2. The van der Waals surface area contributed by atoms with Gasteiger partial charge in [0, 0.05) is 16.1 Å². The average Bonchev–Trinajstić information content (AvgIpc) is 1.60.